The van der Waals surface area contributed by atoms with Gasteiger partial charge in [0.15, 0.2) is 0 Å². The Morgan fingerprint density at radius 1 is 1.19 bits per heavy atom. The molecule has 3 heterocycles. The number of H-pyrrole nitrogens is 2. The van der Waals surface area contributed by atoms with Gasteiger partial charge in [0, 0.05) is 24.9 Å². The van der Waals surface area contributed by atoms with E-state index in [9.17, 15) is 4.79 Å². The van der Waals surface area contributed by atoms with Crippen LogP contribution in [0.3, 0.4) is 0 Å². The van der Waals surface area contributed by atoms with E-state index in [4.69, 9.17) is 0 Å². The maximum atomic E-state index is 12.7. The molecule has 1 unspecified atom stereocenters. The number of hydrogen-bond acceptors (Lipinski definition) is 4. The summed E-state index contributed by atoms with van der Waals surface area (Å²) in [5.74, 6) is 1.72. The van der Waals surface area contributed by atoms with Gasteiger partial charge in [-0.2, -0.15) is 10.2 Å². The summed E-state index contributed by atoms with van der Waals surface area (Å²) in [4.78, 5) is 18.9. The third kappa shape index (κ3) is 2.32. The zero-order valence-corrected chi connectivity index (χ0v) is 11.7. The average molecular weight is 286 g/mol. The lowest BCUT2D eigenvalue weighted by molar-refractivity contribution is 0.0703. The first kappa shape index (κ1) is 12.6. The molecule has 1 aliphatic carbocycles. The Morgan fingerprint density at radius 2 is 2.10 bits per heavy atom. The summed E-state index contributed by atoms with van der Waals surface area (Å²) in [7, 11) is 0. The third-order valence-corrected chi connectivity index (χ3v) is 4.41. The number of rotatable bonds is 3. The molecule has 0 bridgehead atoms. The van der Waals surface area contributed by atoms with Gasteiger partial charge in [0.25, 0.3) is 5.91 Å². The summed E-state index contributed by atoms with van der Waals surface area (Å²) in [6, 6.07) is 0. The Hall–Kier alpha value is -2.18. The fourth-order valence-corrected chi connectivity index (χ4v) is 3.12. The van der Waals surface area contributed by atoms with Crippen molar-refractivity contribution in [3.8, 4) is 0 Å². The lowest BCUT2D eigenvalue weighted by Crippen LogP contribution is -2.39. The zero-order valence-electron chi connectivity index (χ0n) is 11.7. The van der Waals surface area contributed by atoms with E-state index < -0.39 is 0 Å². The number of piperidine rings is 1. The number of aromatic amines is 2. The first-order valence-corrected chi connectivity index (χ1v) is 7.50. The summed E-state index contributed by atoms with van der Waals surface area (Å²) in [6.07, 6.45) is 7.55. The molecular formula is C14H18N6O. The Balaban J connectivity index is 1.52. The molecule has 7 heteroatoms. The first-order chi connectivity index (χ1) is 10.3. The molecule has 1 amide bonds. The maximum absolute atomic E-state index is 12.7. The van der Waals surface area contributed by atoms with Crippen LogP contribution in [0.1, 0.15) is 59.4 Å². The molecule has 4 rings (SSSR count). The normalized spacial score (nSPS) is 22.5. The summed E-state index contributed by atoms with van der Waals surface area (Å²) >= 11 is 0. The molecule has 1 aliphatic heterocycles. The molecule has 7 nitrogen and oxygen atoms in total. The third-order valence-electron chi connectivity index (χ3n) is 4.41. The largest absolute Gasteiger partial charge is 0.338 e. The van der Waals surface area contributed by atoms with Crippen LogP contribution in [-0.2, 0) is 0 Å². The van der Waals surface area contributed by atoms with Crippen molar-refractivity contribution in [3.05, 3.63) is 29.6 Å². The van der Waals surface area contributed by atoms with E-state index in [2.05, 4.69) is 25.4 Å². The number of hydrogen-bond donors (Lipinski definition) is 2. The molecule has 1 saturated heterocycles. The van der Waals surface area contributed by atoms with Crippen molar-refractivity contribution in [1.82, 2.24) is 30.3 Å². The molecule has 2 N–H and O–H groups in total. The molecular weight excluding hydrogens is 268 g/mol. The Bertz CT molecular complexity index is 630. The van der Waals surface area contributed by atoms with Crippen LogP contribution in [0.25, 0.3) is 0 Å². The number of likely N-dealkylation sites (tertiary alicyclic amines) is 1. The average Bonchev–Trinajstić information content (AvgIpc) is 3.05. The van der Waals surface area contributed by atoms with Gasteiger partial charge >= 0.3 is 0 Å². The van der Waals surface area contributed by atoms with Gasteiger partial charge in [0.2, 0.25) is 0 Å². The number of amides is 1. The van der Waals surface area contributed by atoms with E-state index in [1.165, 1.54) is 6.33 Å². The van der Waals surface area contributed by atoms with E-state index in [0.717, 1.165) is 49.3 Å². The van der Waals surface area contributed by atoms with E-state index in [0.29, 0.717) is 12.5 Å². The number of nitrogens with zero attached hydrogens (tertiary/aromatic N) is 4. The lowest BCUT2D eigenvalue weighted by Gasteiger charge is -2.31. The highest BCUT2D eigenvalue weighted by molar-refractivity contribution is 5.95. The van der Waals surface area contributed by atoms with Crippen LogP contribution in [0, 0.1) is 0 Å². The van der Waals surface area contributed by atoms with Crippen molar-refractivity contribution in [3.63, 3.8) is 0 Å². The van der Waals surface area contributed by atoms with Crippen LogP contribution < -0.4 is 0 Å². The summed E-state index contributed by atoms with van der Waals surface area (Å²) in [5.41, 5.74) is 1.76. The fourth-order valence-electron chi connectivity index (χ4n) is 3.12. The second kappa shape index (κ2) is 4.98. The van der Waals surface area contributed by atoms with Crippen LogP contribution in [0.5, 0.6) is 0 Å². The Labute approximate surface area is 122 Å². The van der Waals surface area contributed by atoms with Gasteiger partial charge in [-0.05, 0) is 25.7 Å². The summed E-state index contributed by atoms with van der Waals surface area (Å²) < 4.78 is 0. The summed E-state index contributed by atoms with van der Waals surface area (Å²) in [6.45, 7) is 1.50. The SMILES string of the molecule is O=C(c1cn[nH]c1C1CC1)N1CCCC(c2ncn[nH]2)C1. The van der Waals surface area contributed by atoms with Crippen LogP contribution in [0.4, 0.5) is 0 Å². The van der Waals surface area contributed by atoms with Crippen molar-refractivity contribution >= 4 is 5.91 Å². The van der Waals surface area contributed by atoms with Crippen LogP contribution in [0.2, 0.25) is 0 Å². The molecule has 2 aromatic heterocycles. The number of nitrogens with one attached hydrogen (secondary N) is 2. The second-order valence-electron chi connectivity index (χ2n) is 5.93. The van der Waals surface area contributed by atoms with Crippen LogP contribution >= 0.6 is 0 Å². The molecule has 0 radical (unpaired) electrons. The van der Waals surface area contributed by atoms with Gasteiger partial charge in [0.05, 0.1) is 17.5 Å². The van der Waals surface area contributed by atoms with Crippen molar-refractivity contribution in [2.45, 2.75) is 37.5 Å². The van der Waals surface area contributed by atoms with Gasteiger partial charge in [-0.3, -0.25) is 15.0 Å². The van der Waals surface area contributed by atoms with Gasteiger partial charge in [-0.1, -0.05) is 0 Å². The summed E-state index contributed by atoms with van der Waals surface area (Å²) in [5, 5.41) is 13.9. The molecule has 0 aromatic carbocycles. The first-order valence-electron chi connectivity index (χ1n) is 7.50. The predicted octanol–water partition coefficient (Wildman–Crippen LogP) is 1.42. The number of carbonyl (C=O) groups excluding carboxylic acids is 1. The maximum Gasteiger partial charge on any atom is 0.257 e. The zero-order chi connectivity index (χ0) is 14.2. The second-order valence-corrected chi connectivity index (χ2v) is 5.93. The minimum absolute atomic E-state index is 0.0925. The highest BCUT2D eigenvalue weighted by Gasteiger charge is 2.33. The highest BCUT2D eigenvalue weighted by Crippen LogP contribution is 2.40. The quantitative estimate of drug-likeness (QED) is 0.893. The Morgan fingerprint density at radius 3 is 2.86 bits per heavy atom. The van der Waals surface area contributed by atoms with Gasteiger partial charge in [0.1, 0.15) is 12.2 Å². The molecule has 0 spiro atoms. The Kier molecular flexibility index (Phi) is 2.98. The van der Waals surface area contributed by atoms with E-state index in [-0.39, 0.29) is 11.8 Å². The molecule has 21 heavy (non-hydrogen) atoms. The number of carbonyl (C=O) groups is 1. The monoisotopic (exact) mass is 286 g/mol. The van der Waals surface area contributed by atoms with Crippen molar-refractivity contribution in [1.29, 1.82) is 0 Å². The van der Waals surface area contributed by atoms with Gasteiger partial charge in [-0.25, -0.2) is 4.98 Å². The highest BCUT2D eigenvalue weighted by atomic mass is 16.2. The molecule has 2 fully saturated rings. The van der Waals surface area contributed by atoms with Crippen molar-refractivity contribution in [2.24, 2.45) is 0 Å². The van der Waals surface area contributed by atoms with E-state index in [1.54, 1.807) is 6.20 Å². The lowest BCUT2D eigenvalue weighted by atomic mass is 9.96. The minimum Gasteiger partial charge on any atom is -0.338 e. The fraction of sp³-hybridized carbons (Fsp3) is 0.571. The standard InChI is InChI=1S/C14H18N6O/c21-14(11-6-16-18-12(11)9-3-4-9)20-5-1-2-10(7-20)13-15-8-17-19-13/h6,8-10H,1-5,7H2,(H,16,18)(H,15,17,19). The smallest absolute Gasteiger partial charge is 0.257 e. The molecule has 110 valence electrons. The molecule has 2 aromatic rings. The molecule has 1 saturated carbocycles. The van der Waals surface area contributed by atoms with Gasteiger partial charge in [-0.15, -0.1) is 0 Å². The minimum atomic E-state index is 0.0925. The van der Waals surface area contributed by atoms with Crippen molar-refractivity contribution < 1.29 is 4.79 Å². The van der Waals surface area contributed by atoms with Crippen molar-refractivity contribution in [2.75, 3.05) is 13.1 Å². The molecule has 1 atom stereocenters. The van der Waals surface area contributed by atoms with Crippen LogP contribution in [0.15, 0.2) is 12.5 Å². The number of aromatic nitrogens is 5. The van der Waals surface area contributed by atoms with Gasteiger partial charge < -0.3 is 4.90 Å². The predicted molar refractivity (Wildman–Crippen MR) is 74.8 cm³/mol. The topological polar surface area (TPSA) is 90.6 Å². The van der Waals surface area contributed by atoms with E-state index in [1.807, 2.05) is 4.90 Å². The van der Waals surface area contributed by atoms with Crippen LogP contribution in [-0.4, -0.2) is 49.3 Å². The van der Waals surface area contributed by atoms with E-state index >= 15 is 0 Å². The molecule has 2 aliphatic rings.